The lowest BCUT2D eigenvalue weighted by Crippen LogP contribution is -2.19. The summed E-state index contributed by atoms with van der Waals surface area (Å²) in [5.41, 5.74) is 2.47. The van der Waals surface area contributed by atoms with E-state index in [1.54, 1.807) is 17.5 Å². The molecule has 0 atom stereocenters. The monoisotopic (exact) mass is 284 g/mol. The van der Waals surface area contributed by atoms with E-state index in [2.05, 4.69) is 9.97 Å². The van der Waals surface area contributed by atoms with Crippen LogP contribution in [-0.4, -0.2) is 21.9 Å². The van der Waals surface area contributed by atoms with Crippen LogP contribution in [-0.2, 0) is 6.54 Å². The van der Waals surface area contributed by atoms with E-state index in [4.69, 9.17) is 11.6 Å². The molecule has 2 rings (SSSR count). The summed E-state index contributed by atoms with van der Waals surface area (Å²) in [5, 5.41) is 13.0. The molecular weight excluding hydrogens is 276 g/mol. The van der Waals surface area contributed by atoms with E-state index in [0.29, 0.717) is 6.54 Å². The van der Waals surface area contributed by atoms with Crippen molar-refractivity contribution in [2.24, 2.45) is 0 Å². The van der Waals surface area contributed by atoms with Gasteiger partial charge in [0.25, 0.3) is 0 Å². The van der Waals surface area contributed by atoms with Crippen LogP contribution in [0.5, 0.6) is 0 Å². The molecule has 18 heavy (non-hydrogen) atoms. The molecule has 0 aliphatic rings. The average Bonchev–Trinajstić information content (AvgIpc) is 2.81. The van der Waals surface area contributed by atoms with Crippen LogP contribution in [0.15, 0.2) is 23.0 Å². The summed E-state index contributed by atoms with van der Waals surface area (Å²) in [5.74, 6) is 0.237. The van der Waals surface area contributed by atoms with Crippen molar-refractivity contribution in [3.05, 3.63) is 44.0 Å². The number of anilines is 1. The van der Waals surface area contributed by atoms with Crippen LogP contribution < -0.4 is 4.90 Å². The Morgan fingerprint density at radius 1 is 1.56 bits per heavy atom. The van der Waals surface area contributed by atoms with Crippen LogP contribution in [0.3, 0.4) is 0 Å². The SMILES string of the molecule is CN(Cc1cscn1)c1nc(Cl)ccc1[N+](=O)[O-]. The minimum atomic E-state index is -0.476. The topological polar surface area (TPSA) is 72.2 Å². The average molecular weight is 285 g/mol. The zero-order valence-corrected chi connectivity index (χ0v) is 11.0. The lowest BCUT2D eigenvalue weighted by Gasteiger charge is -2.16. The Bertz CT molecular complexity index is 561. The second-order valence-electron chi connectivity index (χ2n) is 3.57. The molecule has 6 nitrogen and oxygen atoms in total. The van der Waals surface area contributed by atoms with Gasteiger partial charge in [-0.05, 0) is 6.07 Å². The van der Waals surface area contributed by atoms with Crippen molar-refractivity contribution < 1.29 is 4.92 Å². The third-order valence-electron chi connectivity index (χ3n) is 2.26. The normalized spacial score (nSPS) is 10.3. The smallest absolute Gasteiger partial charge is 0.311 e. The molecule has 0 aliphatic carbocycles. The Morgan fingerprint density at radius 3 is 2.94 bits per heavy atom. The highest BCUT2D eigenvalue weighted by Crippen LogP contribution is 2.27. The first-order valence-corrected chi connectivity index (χ1v) is 6.29. The number of pyridine rings is 1. The quantitative estimate of drug-likeness (QED) is 0.490. The summed E-state index contributed by atoms with van der Waals surface area (Å²) in [6.45, 7) is 0.442. The molecule has 0 aliphatic heterocycles. The van der Waals surface area contributed by atoms with Gasteiger partial charge in [-0.1, -0.05) is 11.6 Å². The Morgan fingerprint density at radius 2 is 2.33 bits per heavy atom. The van der Waals surface area contributed by atoms with Crippen LogP contribution in [0.4, 0.5) is 11.5 Å². The van der Waals surface area contributed by atoms with Gasteiger partial charge in [-0.25, -0.2) is 9.97 Å². The molecule has 8 heteroatoms. The van der Waals surface area contributed by atoms with Gasteiger partial charge in [-0.15, -0.1) is 11.3 Å². The maximum absolute atomic E-state index is 10.9. The van der Waals surface area contributed by atoms with Gasteiger partial charge in [-0.3, -0.25) is 10.1 Å². The van der Waals surface area contributed by atoms with E-state index >= 15 is 0 Å². The van der Waals surface area contributed by atoms with Crippen molar-refractivity contribution in [1.29, 1.82) is 0 Å². The standard InChI is InChI=1S/C10H9ClN4O2S/c1-14(4-7-5-18-6-12-7)10-8(15(16)17)2-3-9(11)13-10/h2-3,5-6H,4H2,1H3. The Hall–Kier alpha value is -1.73. The largest absolute Gasteiger partial charge is 0.348 e. The van der Waals surface area contributed by atoms with E-state index in [1.807, 2.05) is 5.38 Å². The van der Waals surface area contributed by atoms with Crippen molar-refractivity contribution >= 4 is 34.4 Å². The van der Waals surface area contributed by atoms with Gasteiger partial charge >= 0.3 is 5.69 Å². The number of rotatable bonds is 4. The highest BCUT2D eigenvalue weighted by Gasteiger charge is 2.19. The van der Waals surface area contributed by atoms with E-state index in [1.165, 1.54) is 23.5 Å². The van der Waals surface area contributed by atoms with Gasteiger partial charge in [-0.2, -0.15) is 0 Å². The Kier molecular flexibility index (Phi) is 3.73. The number of hydrogen-bond acceptors (Lipinski definition) is 6. The number of halogens is 1. The van der Waals surface area contributed by atoms with E-state index in [9.17, 15) is 10.1 Å². The van der Waals surface area contributed by atoms with Gasteiger partial charge < -0.3 is 4.90 Å². The van der Waals surface area contributed by atoms with Crippen LogP contribution in [0.2, 0.25) is 5.15 Å². The fraction of sp³-hybridized carbons (Fsp3) is 0.200. The zero-order valence-electron chi connectivity index (χ0n) is 9.41. The van der Waals surface area contributed by atoms with Crippen molar-refractivity contribution in [3.63, 3.8) is 0 Å². The molecule has 0 radical (unpaired) electrons. The summed E-state index contributed by atoms with van der Waals surface area (Å²) in [6, 6.07) is 2.75. The predicted octanol–water partition coefficient (Wildman–Crippen LogP) is 2.74. The number of hydrogen-bond donors (Lipinski definition) is 0. The number of nitro groups is 1. The van der Waals surface area contributed by atoms with Crippen molar-refractivity contribution in [2.75, 3.05) is 11.9 Å². The zero-order chi connectivity index (χ0) is 13.1. The summed E-state index contributed by atoms with van der Waals surface area (Å²) >= 11 is 7.25. The van der Waals surface area contributed by atoms with Gasteiger partial charge in [0, 0.05) is 18.5 Å². The van der Waals surface area contributed by atoms with Crippen LogP contribution >= 0.6 is 22.9 Å². The molecule has 0 saturated heterocycles. The van der Waals surface area contributed by atoms with Crippen LogP contribution in [0.1, 0.15) is 5.69 Å². The number of nitrogens with zero attached hydrogens (tertiary/aromatic N) is 4. The van der Waals surface area contributed by atoms with E-state index < -0.39 is 4.92 Å². The van der Waals surface area contributed by atoms with Crippen molar-refractivity contribution in [3.8, 4) is 0 Å². The molecule has 2 aromatic heterocycles. The maximum atomic E-state index is 10.9. The summed E-state index contributed by atoms with van der Waals surface area (Å²) in [6.07, 6.45) is 0. The van der Waals surface area contributed by atoms with E-state index in [0.717, 1.165) is 5.69 Å². The Labute approximate surface area is 112 Å². The molecule has 0 N–H and O–H groups in total. The molecule has 0 amide bonds. The van der Waals surface area contributed by atoms with E-state index in [-0.39, 0.29) is 16.7 Å². The first-order chi connectivity index (χ1) is 8.58. The molecule has 0 unspecified atom stereocenters. The summed E-state index contributed by atoms with van der Waals surface area (Å²) in [4.78, 5) is 20.2. The van der Waals surface area contributed by atoms with Gasteiger partial charge in [0.05, 0.1) is 22.7 Å². The second-order valence-corrected chi connectivity index (χ2v) is 4.68. The third kappa shape index (κ3) is 2.74. The van der Waals surface area contributed by atoms with Gasteiger partial charge in [0.1, 0.15) is 5.15 Å². The number of aromatic nitrogens is 2. The van der Waals surface area contributed by atoms with Gasteiger partial charge in [0.15, 0.2) is 0 Å². The Balaban J connectivity index is 2.31. The fourth-order valence-corrected chi connectivity index (χ4v) is 2.17. The molecule has 2 heterocycles. The highest BCUT2D eigenvalue weighted by atomic mass is 35.5. The molecular formula is C10H9ClN4O2S. The van der Waals surface area contributed by atoms with Crippen molar-refractivity contribution in [2.45, 2.75) is 6.54 Å². The highest BCUT2D eigenvalue weighted by molar-refractivity contribution is 7.07. The molecule has 0 fully saturated rings. The second kappa shape index (κ2) is 5.28. The molecule has 0 saturated carbocycles. The third-order valence-corrected chi connectivity index (χ3v) is 3.11. The first kappa shape index (κ1) is 12.7. The maximum Gasteiger partial charge on any atom is 0.311 e. The lowest BCUT2D eigenvalue weighted by molar-refractivity contribution is -0.384. The summed E-state index contributed by atoms with van der Waals surface area (Å²) < 4.78 is 0. The fourth-order valence-electron chi connectivity index (χ4n) is 1.47. The lowest BCUT2D eigenvalue weighted by atomic mass is 10.3. The number of thiazole rings is 1. The molecule has 0 spiro atoms. The molecule has 94 valence electrons. The minimum absolute atomic E-state index is 0.0721. The van der Waals surface area contributed by atoms with Gasteiger partial charge in [0.2, 0.25) is 5.82 Å². The van der Waals surface area contributed by atoms with Crippen LogP contribution in [0, 0.1) is 10.1 Å². The molecule has 2 aromatic rings. The minimum Gasteiger partial charge on any atom is -0.348 e. The first-order valence-electron chi connectivity index (χ1n) is 4.97. The van der Waals surface area contributed by atoms with Crippen molar-refractivity contribution in [1.82, 2.24) is 9.97 Å². The molecule has 0 bridgehead atoms. The predicted molar refractivity (Wildman–Crippen MR) is 70.1 cm³/mol. The summed E-state index contributed by atoms with van der Waals surface area (Å²) in [7, 11) is 1.71. The van der Waals surface area contributed by atoms with Crippen LogP contribution in [0.25, 0.3) is 0 Å². The molecule has 0 aromatic carbocycles.